The molecule has 2 aromatic rings. The van der Waals surface area contributed by atoms with Gasteiger partial charge in [-0.05, 0) is 24.1 Å². The third-order valence-electron chi connectivity index (χ3n) is 4.08. The van der Waals surface area contributed by atoms with E-state index in [0.29, 0.717) is 24.3 Å². The summed E-state index contributed by atoms with van der Waals surface area (Å²) in [6.45, 7) is 0.298. The van der Waals surface area contributed by atoms with Crippen LogP contribution in [-0.4, -0.2) is 30.0 Å². The second kappa shape index (κ2) is 8.31. The molecule has 0 aliphatic carbocycles. The normalized spacial score (nSPS) is 13.5. The predicted octanol–water partition coefficient (Wildman–Crippen LogP) is 2.84. The Morgan fingerprint density at radius 3 is 2.74 bits per heavy atom. The van der Waals surface area contributed by atoms with Crippen LogP contribution in [0.3, 0.4) is 0 Å². The van der Waals surface area contributed by atoms with Crippen molar-refractivity contribution in [3.63, 3.8) is 0 Å². The first-order valence-electron chi connectivity index (χ1n) is 8.45. The van der Waals surface area contributed by atoms with Crippen molar-refractivity contribution in [2.24, 2.45) is 0 Å². The number of benzene rings is 2. The largest absolute Gasteiger partial charge is 0.482 e. The Bertz CT molecular complexity index is 867. The monoisotopic (exact) mass is 370 g/mol. The minimum absolute atomic E-state index is 0.0620. The molecule has 27 heavy (non-hydrogen) atoms. The van der Waals surface area contributed by atoms with E-state index in [2.05, 4.69) is 0 Å². The highest BCUT2D eigenvalue weighted by Gasteiger charge is 2.21. The Labute approximate surface area is 155 Å². The highest BCUT2D eigenvalue weighted by Crippen LogP contribution is 2.25. The number of nitro benzene ring substituents is 1. The summed E-state index contributed by atoms with van der Waals surface area (Å²) >= 11 is 0. The second-order valence-corrected chi connectivity index (χ2v) is 6.02. The van der Waals surface area contributed by atoms with Crippen LogP contribution in [0.2, 0.25) is 0 Å². The Kier molecular flexibility index (Phi) is 5.65. The molecule has 0 aromatic heterocycles. The maximum atomic E-state index is 11.9. The zero-order chi connectivity index (χ0) is 19.2. The molecule has 140 valence electrons. The van der Waals surface area contributed by atoms with Crippen LogP contribution in [0.4, 0.5) is 11.4 Å². The molecule has 1 aliphatic heterocycles. The molecule has 8 heteroatoms. The SMILES string of the molecule is O=C(COc1cccc(N2CCCC2=O)c1)OCc1cccc([N+](=O)[O-])c1. The van der Waals surface area contributed by atoms with Crippen LogP contribution < -0.4 is 9.64 Å². The number of anilines is 1. The van der Waals surface area contributed by atoms with Gasteiger partial charge < -0.3 is 14.4 Å². The van der Waals surface area contributed by atoms with Crippen LogP contribution >= 0.6 is 0 Å². The number of hydrogen-bond acceptors (Lipinski definition) is 6. The van der Waals surface area contributed by atoms with Gasteiger partial charge in [0.1, 0.15) is 12.4 Å². The molecule has 0 atom stereocenters. The van der Waals surface area contributed by atoms with Crippen molar-refractivity contribution in [1.29, 1.82) is 0 Å². The number of rotatable bonds is 7. The van der Waals surface area contributed by atoms with Gasteiger partial charge in [-0.25, -0.2) is 4.79 Å². The fourth-order valence-electron chi connectivity index (χ4n) is 2.77. The first-order valence-corrected chi connectivity index (χ1v) is 8.45. The number of nitrogens with zero attached hydrogens (tertiary/aromatic N) is 2. The zero-order valence-corrected chi connectivity index (χ0v) is 14.5. The van der Waals surface area contributed by atoms with E-state index in [0.717, 1.165) is 12.1 Å². The fourth-order valence-corrected chi connectivity index (χ4v) is 2.77. The van der Waals surface area contributed by atoms with Crippen molar-refractivity contribution < 1.29 is 24.0 Å². The average molecular weight is 370 g/mol. The number of nitro groups is 1. The average Bonchev–Trinajstić information content (AvgIpc) is 3.11. The molecule has 0 unspecified atom stereocenters. The van der Waals surface area contributed by atoms with Crippen molar-refractivity contribution in [3.05, 3.63) is 64.2 Å². The molecular formula is C19H18N2O6. The quantitative estimate of drug-likeness (QED) is 0.422. The van der Waals surface area contributed by atoms with Crippen molar-refractivity contribution in [3.8, 4) is 5.75 Å². The van der Waals surface area contributed by atoms with E-state index in [1.54, 1.807) is 29.2 Å². The van der Waals surface area contributed by atoms with E-state index in [9.17, 15) is 19.7 Å². The number of carbonyl (C=O) groups excluding carboxylic acids is 2. The van der Waals surface area contributed by atoms with Crippen LogP contribution in [-0.2, 0) is 20.9 Å². The Morgan fingerprint density at radius 1 is 1.19 bits per heavy atom. The van der Waals surface area contributed by atoms with Gasteiger partial charge in [-0.15, -0.1) is 0 Å². The molecule has 0 radical (unpaired) electrons. The van der Waals surface area contributed by atoms with E-state index >= 15 is 0 Å². The topological polar surface area (TPSA) is 99.0 Å². The lowest BCUT2D eigenvalue weighted by Crippen LogP contribution is -2.23. The van der Waals surface area contributed by atoms with Gasteiger partial charge in [0.15, 0.2) is 6.61 Å². The Hall–Kier alpha value is -3.42. The van der Waals surface area contributed by atoms with Crippen molar-refractivity contribution in [2.45, 2.75) is 19.4 Å². The lowest BCUT2D eigenvalue weighted by molar-refractivity contribution is -0.384. The minimum Gasteiger partial charge on any atom is -0.482 e. The minimum atomic E-state index is -0.593. The van der Waals surface area contributed by atoms with E-state index in [1.165, 1.54) is 18.2 Å². The molecule has 0 spiro atoms. The summed E-state index contributed by atoms with van der Waals surface area (Å²) in [5.41, 5.74) is 1.19. The maximum absolute atomic E-state index is 11.9. The van der Waals surface area contributed by atoms with Crippen LogP contribution in [0, 0.1) is 10.1 Å². The van der Waals surface area contributed by atoms with Gasteiger partial charge >= 0.3 is 5.97 Å². The second-order valence-electron chi connectivity index (χ2n) is 6.02. The van der Waals surface area contributed by atoms with Crippen LogP contribution in [0.15, 0.2) is 48.5 Å². The van der Waals surface area contributed by atoms with Crippen molar-refractivity contribution in [2.75, 3.05) is 18.1 Å². The molecule has 1 aliphatic rings. The molecule has 2 aromatic carbocycles. The first kappa shape index (κ1) is 18.4. The number of non-ortho nitro benzene ring substituents is 1. The first-order chi connectivity index (χ1) is 13.0. The number of amides is 1. The number of ether oxygens (including phenoxy) is 2. The van der Waals surface area contributed by atoms with Gasteiger partial charge in [-0.3, -0.25) is 14.9 Å². The third kappa shape index (κ3) is 4.81. The molecule has 0 saturated carbocycles. The summed E-state index contributed by atoms with van der Waals surface area (Å²) in [5, 5.41) is 10.7. The molecule has 8 nitrogen and oxygen atoms in total. The number of hydrogen-bond donors (Lipinski definition) is 0. The van der Waals surface area contributed by atoms with Gasteiger partial charge in [0, 0.05) is 36.9 Å². The predicted molar refractivity (Wildman–Crippen MR) is 96.4 cm³/mol. The van der Waals surface area contributed by atoms with Gasteiger partial charge in [0.25, 0.3) is 5.69 Å². The van der Waals surface area contributed by atoms with Gasteiger partial charge in [0.2, 0.25) is 5.91 Å². The summed E-state index contributed by atoms with van der Waals surface area (Å²) in [4.78, 5) is 35.6. The summed E-state index contributed by atoms with van der Waals surface area (Å²) in [6, 6.07) is 12.9. The third-order valence-corrected chi connectivity index (χ3v) is 4.08. The number of carbonyl (C=O) groups is 2. The molecule has 0 bridgehead atoms. The lowest BCUT2D eigenvalue weighted by atomic mass is 10.2. The molecule has 3 rings (SSSR count). The standard InChI is InChI=1S/C19H18N2O6/c22-18-8-3-9-20(18)15-5-2-7-17(11-15)26-13-19(23)27-12-14-4-1-6-16(10-14)21(24)25/h1-2,4-7,10-11H,3,8-9,12-13H2. The molecule has 1 fully saturated rings. The van der Waals surface area contributed by atoms with E-state index in [-0.39, 0.29) is 24.8 Å². The van der Waals surface area contributed by atoms with Crippen molar-refractivity contribution >= 4 is 23.3 Å². The zero-order valence-electron chi connectivity index (χ0n) is 14.5. The highest BCUT2D eigenvalue weighted by atomic mass is 16.6. The summed E-state index contributed by atoms with van der Waals surface area (Å²) in [5.74, 6) is -0.0628. The summed E-state index contributed by atoms with van der Waals surface area (Å²) < 4.78 is 10.5. The summed E-state index contributed by atoms with van der Waals surface area (Å²) in [6.07, 6.45) is 1.36. The maximum Gasteiger partial charge on any atom is 0.344 e. The Morgan fingerprint density at radius 2 is 2.00 bits per heavy atom. The van der Waals surface area contributed by atoms with Gasteiger partial charge in [-0.1, -0.05) is 18.2 Å². The van der Waals surface area contributed by atoms with E-state index < -0.39 is 10.9 Å². The number of esters is 1. The molecular weight excluding hydrogens is 352 g/mol. The van der Waals surface area contributed by atoms with Crippen LogP contribution in [0.1, 0.15) is 18.4 Å². The highest BCUT2D eigenvalue weighted by molar-refractivity contribution is 5.95. The molecule has 1 heterocycles. The van der Waals surface area contributed by atoms with Crippen LogP contribution in [0.25, 0.3) is 0 Å². The lowest BCUT2D eigenvalue weighted by Gasteiger charge is -2.16. The fraction of sp³-hybridized carbons (Fsp3) is 0.263. The van der Waals surface area contributed by atoms with E-state index in [4.69, 9.17) is 9.47 Å². The van der Waals surface area contributed by atoms with Gasteiger partial charge in [0.05, 0.1) is 4.92 Å². The molecule has 1 amide bonds. The van der Waals surface area contributed by atoms with Crippen molar-refractivity contribution in [1.82, 2.24) is 0 Å². The molecule has 1 saturated heterocycles. The smallest absolute Gasteiger partial charge is 0.344 e. The molecule has 0 N–H and O–H groups in total. The van der Waals surface area contributed by atoms with Gasteiger partial charge in [-0.2, -0.15) is 0 Å². The van der Waals surface area contributed by atoms with Crippen LogP contribution in [0.5, 0.6) is 5.75 Å². The summed E-state index contributed by atoms with van der Waals surface area (Å²) in [7, 11) is 0. The Balaban J connectivity index is 1.51. The van der Waals surface area contributed by atoms with E-state index in [1.807, 2.05) is 6.07 Å².